The summed E-state index contributed by atoms with van der Waals surface area (Å²) in [6.45, 7) is 0. The molecule has 0 radical (unpaired) electrons. The van der Waals surface area contributed by atoms with Crippen molar-refractivity contribution in [3.63, 3.8) is 0 Å². The zero-order valence-corrected chi connectivity index (χ0v) is 12.0. The van der Waals surface area contributed by atoms with Gasteiger partial charge in [0.1, 0.15) is 0 Å². The summed E-state index contributed by atoms with van der Waals surface area (Å²) in [6, 6.07) is 4.06. The molecule has 0 bridgehead atoms. The number of nitrogens with one attached hydrogen (secondary N) is 2. The summed E-state index contributed by atoms with van der Waals surface area (Å²) in [5, 5.41) is 15.9. The molecule has 0 aliphatic carbocycles. The first-order valence-electron chi connectivity index (χ1n) is 5.17. The first-order chi connectivity index (χ1) is 9.45. The molecule has 2 amide bonds. The first-order valence-corrected chi connectivity index (χ1v) is 6.81. The maximum Gasteiger partial charge on any atom is 0.355 e. The Bertz CT molecular complexity index is 675. The zero-order valence-electron chi connectivity index (χ0n) is 9.68. The van der Waals surface area contributed by atoms with Crippen LogP contribution in [0.25, 0.3) is 0 Å². The lowest BCUT2D eigenvalue weighted by molar-refractivity contribution is 0.0691. The molecule has 2 aromatic rings. The standard InChI is InChI=1S/C11H7Cl2N3O3S/c12-6-2-1-5(3-7(6)13)14-10(19)16-11-15-8(4-20-11)9(17)18/h1-4H,(H,17,18)(H2,14,15,16,19). The number of carboxylic acid groups (broad SMARTS) is 1. The fourth-order valence-electron chi connectivity index (χ4n) is 1.26. The van der Waals surface area contributed by atoms with Crippen molar-refractivity contribution in [2.45, 2.75) is 0 Å². The summed E-state index contributed by atoms with van der Waals surface area (Å²) in [5.74, 6) is -1.15. The Morgan fingerprint density at radius 3 is 2.55 bits per heavy atom. The number of amides is 2. The van der Waals surface area contributed by atoms with Crippen molar-refractivity contribution in [1.82, 2.24) is 4.98 Å². The third-order valence-electron chi connectivity index (χ3n) is 2.12. The number of thiazole rings is 1. The quantitative estimate of drug-likeness (QED) is 0.797. The molecule has 9 heteroatoms. The van der Waals surface area contributed by atoms with E-state index in [1.165, 1.54) is 11.4 Å². The molecule has 0 atom stereocenters. The van der Waals surface area contributed by atoms with Gasteiger partial charge >= 0.3 is 12.0 Å². The lowest BCUT2D eigenvalue weighted by Gasteiger charge is -2.06. The minimum Gasteiger partial charge on any atom is -0.476 e. The van der Waals surface area contributed by atoms with Crippen LogP contribution in [0.5, 0.6) is 0 Å². The molecule has 0 saturated heterocycles. The number of urea groups is 1. The van der Waals surface area contributed by atoms with Crippen LogP contribution in [0, 0.1) is 0 Å². The molecule has 0 spiro atoms. The average Bonchev–Trinajstić information content (AvgIpc) is 2.82. The summed E-state index contributed by atoms with van der Waals surface area (Å²) in [4.78, 5) is 26.1. The average molecular weight is 332 g/mol. The fourth-order valence-corrected chi connectivity index (χ4v) is 2.24. The minimum absolute atomic E-state index is 0.125. The number of carbonyl (C=O) groups excluding carboxylic acids is 1. The van der Waals surface area contributed by atoms with Crippen LogP contribution in [0.4, 0.5) is 15.6 Å². The maximum absolute atomic E-state index is 11.7. The third-order valence-corrected chi connectivity index (χ3v) is 3.62. The van der Waals surface area contributed by atoms with E-state index in [9.17, 15) is 9.59 Å². The van der Waals surface area contributed by atoms with Crippen molar-refractivity contribution in [1.29, 1.82) is 0 Å². The van der Waals surface area contributed by atoms with Crippen LogP contribution in [0.1, 0.15) is 10.5 Å². The lowest BCUT2D eigenvalue weighted by Crippen LogP contribution is -2.19. The highest BCUT2D eigenvalue weighted by Crippen LogP contribution is 2.25. The van der Waals surface area contributed by atoms with Crippen LogP contribution in [-0.4, -0.2) is 22.1 Å². The van der Waals surface area contributed by atoms with Gasteiger partial charge in [-0.05, 0) is 18.2 Å². The van der Waals surface area contributed by atoms with Crippen molar-refractivity contribution in [2.24, 2.45) is 0 Å². The Kier molecular flexibility index (Phi) is 4.43. The van der Waals surface area contributed by atoms with Crippen LogP contribution in [0.15, 0.2) is 23.6 Å². The van der Waals surface area contributed by atoms with Crippen LogP contribution in [0.3, 0.4) is 0 Å². The van der Waals surface area contributed by atoms with Gasteiger partial charge in [0.25, 0.3) is 0 Å². The molecular weight excluding hydrogens is 325 g/mol. The van der Waals surface area contributed by atoms with E-state index in [0.29, 0.717) is 15.7 Å². The van der Waals surface area contributed by atoms with E-state index >= 15 is 0 Å². The molecule has 20 heavy (non-hydrogen) atoms. The van der Waals surface area contributed by atoms with Gasteiger partial charge in [-0.15, -0.1) is 11.3 Å². The number of hydrogen-bond donors (Lipinski definition) is 3. The number of anilines is 2. The number of carbonyl (C=O) groups is 2. The molecule has 0 aliphatic rings. The van der Waals surface area contributed by atoms with Crippen LogP contribution < -0.4 is 10.6 Å². The van der Waals surface area contributed by atoms with Crippen molar-refractivity contribution >= 4 is 57.4 Å². The highest BCUT2D eigenvalue weighted by atomic mass is 35.5. The predicted octanol–water partition coefficient (Wildman–Crippen LogP) is 3.79. The van der Waals surface area contributed by atoms with Gasteiger partial charge in [0, 0.05) is 11.1 Å². The largest absolute Gasteiger partial charge is 0.476 e. The molecule has 1 aromatic heterocycles. The van der Waals surface area contributed by atoms with E-state index in [4.69, 9.17) is 28.3 Å². The molecule has 3 N–H and O–H groups in total. The molecule has 0 saturated carbocycles. The predicted molar refractivity (Wildman–Crippen MR) is 78.2 cm³/mol. The topological polar surface area (TPSA) is 91.3 Å². The summed E-state index contributed by atoms with van der Waals surface area (Å²) in [6.07, 6.45) is 0. The Labute approximate surface area is 127 Å². The molecular formula is C11H7Cl2N3O3S. The summed E-state index contributed by atoms with van der Waals surface area (Å²) >= 11 is 12.6. The number of nitrogens with zero attached hydrogens (tertiary/aromatic N) is 1. The second-order valence-electron chi connectivity index (χ2n) is 3.55. The summed E-state index contributed by atoms with van der Waals surface area (Å²) < 4.78 is 0. The van der Waals surface area contributed by atoms with E-state index in [1.807, 2.05) is 0 Å². The van der Waals surface area contributed by atoms with Crippen LogP contribution in [0.2, 0.25) is 10.0 Å². The van der Waals surface area contributed by atoms with Gasteiger partial charge in [-0.3, -0.25) is 5.32 Å². The van der Waals surface area contributed by atoms with E-state index in [-0.39, 0.29) is 10.8 Å². The Balaban J connectivity index is 2.01. The second-order valence-corrected chi connectivity index (χ2v) is 5.22. The second kappa shape index (κ2) is 6.08. The van der Waals surface area contributed by atoms with Crippen molar-refractivity contribution in [3.8, 4) is 0 Å². The van der Waals surface area contributed by atoms with Gasteiger partial charge in [0.05, 0.1) is 10.0 Å². The van der Waals surface area contributed by atoms with Gasteiger partial charge in [-0.2, -0.15) is 0 Å². The Morgan fingerprint density at radius 2 is 1.95 bits per heavy atom. The van der Waals surface area contributed by atoms with E-state index in [2.05, 4.69) is 15.6 Å². The number of rotatable bonds is 3. The molecule has 1 heterocycles. The highest BCUT2D eigenvalue weighted by Gasteiger charge is 2.11. The molecule has 104 valence electrons. The Hall–Kier alpha value is -1.83. The summed E-state index contributed by atoms with van der Waals surface area (Å²) in [5.41, 5.74) is 0.326. The minimum atomic E-state index is -1.15. The van der Waals surface area contributed by atoms with Crippen molar-refractivity contribution in [2.75, 3.05) is 10.6 Å². The van der Waals surface area contributed by atoms with Crippen LogP contribution in [-0.2, 0) is 0 Å². The SMILES string of the molecule is O=C(Nc1ccc(Cl)c(Cl)c1)Nc1nc(C(=O)O)cs1. The van der Waals surface area contributed by atoms with Crippen LogP contribution >= 0.6 is 34.5 Å². The third kappa shape index (κ3) is 3.60. The smallest absolute Gasteiger partial charge is 0.355 e. The van der Waals surface area contributed by atoms with E-state index in [1.54, 1.807) is 12.1 Å². The Morgan fingerprint density at radius 1 is 1.20 bits per heavy atom. The maximum atomic E-state index is 11.7. The normalized spacial score (nSPS) is 10.1. The number of hydrogen-bond acceptors (Lipinski definition) is 4. The zero-order chi connectivity index (χ0) is 14.7. The highest BCUT2D eigenvalue weighted by molar-refractivity contribution is 7.14. The summed E-state index contributed by atoms with van der Waals surface area (Å²) in [7, 11) is 0. The molecule has 2 rings (SSSR count). The molecule has 6 nitrogen and oxygen atoms in total. The number of halogens is 2. The van der Waals surface area contributed by atoms with E-state index < -0.39 is 12.0 Å². The molecule has 0 unspecified atom stereocenters. The first kappa shape index (κ1) is 14.6. The molecule has 0 aliphatic heterocycles. The number of benzene rings is 1. The monoisotopic (exact) mass is 331 g/mol. The lowest BCUT2D eigenvalue weighted by atomic mass is 10.3. The van der Waals surface area contributed by atoms with Gasteiger partial charge in [-0.25, -0.2) is 14.6 Å². The number of carboxylic acids is 1. The van der Waals surface area contributed by atoms with Crippen molar-refractivity contribution in [3.05, 3.63) is 39.3 Å². The van der Waals surface area contributed by atoms with Crippen molar-refractivity contribution < 1.29 is 14.7 Å². The van der Waals surface area contributed by atoms with Gasteiger partial charge in [0.2, 0.25) is 0 Å². The molecule has 0 fully saturated rings. The molecule has 1 aromatic carbocycles. The van der Waals surface area contributed by atoms with Gasteiger partial charge in [0.15, 0.2) is 10.8 Å². The van der Waals surface area contributed by atoms with E-state index in [0.717, 1.165) is 11.3 Å². The van der Waals surface area contributed by atoms with Gasteiger partial charge < -0.3 is 10.4 Å². The number of aromatic carboxylic acids is 1. The fraction of sp³-hybridized carbons (Fsp3) is 0. The van der Waals surface area contributed by atoms with Gasteiger partial charge in [-0.1, -0.05) is 23.2 Å². The number of aromatic nitrogens is 1.